The average Bonchev–Trinajstić information content (AvgIpc) is 3.45. The Hall–Kier alpha value is -0.748. The second kappa shape index (κ2) is 84.3. The van der Waals surface area contributed by atoms with Crippen molar-refractivity contribution in [1.29, 1.82) is 0 Å². The summed E-state index contributed by atoms with van der Waals surface area (Å²) in [5, 5.41) is 80.3. The summed E-state index contributed by atoms with van der Waals surface area (Å²) in [5.41, 5.74) is 0. The van der Waals surface area contributed by atoms with Crippen LogP contribution >= 0.6 is 0 Å². The summed E-state index contributed by atoms with van der Waals surface area (Å²) in [6.07, 6.45) is 63.7. The van der Waals surface area contributed by atoms with Crippen LogP contribution in [-0.4, -0.2) is 115 Å². The molecule has 0 aromatic rings. The Morgan fingerprint density at radius 3 is 0.430 bits per heavy atom. The van der Waals surface area contributed by atoms with Crippen molar-refractivity contribution in [2.75, 3.05) is 0 Å². The van der Waals surface area contributed by atoms with Gasteiger partial charge in [0.1, 0.15) is 0 Å². The van der Waals surface area contributed by atoms with Crippen LogP contribution in [0.25, 0.3) is 0 Å². The quantitative estimate of drug-likeness (QED) is 0.0328. The molecule has 0 bridgehead atoms. The second-order valence-corrected chi connectivity index (χ2v) is 25.0. The predicted octanol–water partition coefficient (Wildman–Crippen LogP) is 15.1. The van der Waals surface area contributed by atoms with E-state index >= 15 is 0 Å². The van der Waals surface area contributed by atoms with Crippen LogP contribution in [0, 0.1) is 0 Å². The number of aliphatic hydroxyl groups is 4. The van der Waals surface area contributed by atoms with Gasteiger partial charge in [0.25, 0.3) is 0 Å². The van der Waals surface area contributed by atoms with Gasteiger partial charge in [-0.1, -0.05) is 310 Å². The van der Waals surface area contributed by atoms with E-state index in [2.05, 4.69) is 27.7 Å². The van der Waals surface area contributed by atoms with Crippen molar-refractivity contribution in [2.45, 2.75) is 437 Å². The second-order valence-electron chi connectivity index (χ2n) is 25.0. The topological polar surface area (TPSA) is 241 Å². The number of carbonyl (C=O) groups excluding carboxylic acids is 4. The predicted molar refractivity (Wildman–Crippen MR) is 355 cm³/mol. The standard InChI is InChI=1S/4C18H36O3.2Mg/c4*1-2-3-4-11-14-17(19)15-12-9-7-5-6-8-10-13-16-18(20)21;;/h4*17,19H,2-16H2,1H3,(H,20,21);;/q;;;;2*+2/p-4. The number of aliphatic carboxylic acids is 4. The van der Waals surface area contributed by atoms with Crippen LogP contribution in [0.4, 0.5) is 0 Å². The molecule has 14 heteroatoms. The third-order valence-corrected chi connectivity index (χ3v) is 16.2. The number of unbranched alkanes of at least 4 members (excludes halogenated alkanes) is 40. The summed E-state index contributed by atoms with van der Waals surface area (Å²) < 4.78 is 0. The van der Waals surface area contributed by atoms with Gasteiger partial charge in [0, 0.05) is 23.9 Å². The number of rotatable bonds is 64. The van der Waals surface area contributed by atoms with Gasteiger partial charge in [-0.2, -0.15) is 0 Å². The fraction of sp³-hybridized carbons (Fsp3) is 0.944. The molecule has 86 heavy (non-hydrogen) atoms. The summed E-state index contributed by atoms with van der Waals surface area (Å²) in [5.74, 6) is -3.71. The van der Waals surface area contributed by atoms with Gasteiger partial charge in [0.2, 0.25) is 0 Å². The van der Waals surface area contributed by atoms with Crippen molar-refractivity contribution in [3.63, 3.8) is 0 Å². The van der Waals surface area contributed by atoms with Crippen molar-refractivity contribution in [1.82, 2.24) is 0 Å². The zero-order chi connectivity index (χ0) is 63.0. The van der Waals surface area contributed by atoms with Crippen molar-refractivity contribution in [3.8, 4) is 0 Å². The smallest absolute Gasteiger partial charge is 0.550 e. The summed E-state index contributed by atoms with van der Waals surface area (Å²) >= 11 is 0. The summed E-state index contributed by atoms with van der Waals surface area (Å²) in [6.45, 7) is 8.83. The van der Waals surface area contributed by atoms with Crippen molar-refractivity contribution >= 4 is 70.0 Å². The third kappa shape index (κ3) is 99.5. The maximum atomic E-state index is 10.2. The zero-order valence-corrected chi connectivity index (χ0v) is 60.0. The minimum Gasteiger partial charge on any atom is -0.550 e. The molecule has 504 valence electrons. The van der Waals surface area contributed by atoms with Gasteiger partial charge in [0.05, 0.1) is 24.4 Å². The first-order chi connectivity index (χ1) is 40.7. The van der Waals surface area contributed by atoms with E-state index in [1.54, 1.807) is 0 Å². The van der Waals surface area contributed by atoms with Crippen molar-refractivity contribution < 1.29 is 60.0 Å². The normalized spacial score (nSPS) is 12.2. The van der Waals surface area contributed by atoms with Crippen LogP contribution in [0.15, 0.2) is 0 Å². The van der Waals surface area contributed by atoms with Crippen LogP contribution in [0.5, 0.6) is 0 Å². The average molecular weight is 1250 g/mol. The van der Waals surface area contributed by atoms with E-state index in [9.17, 15) is 60.0 Å². The summed E-state index contributed by atoms with van der Waals surface area (Å²) in [6, 6.07) is 0. The molecule has 0 aliphatic heterocycles. The maximum absolute atomic E-state index is 10.2. The number of carboxylic acids is 4. The van der Waals surface area contributed by atoms with E-state index in [-0.39, 0.29) is 96.2 Å². The number of carbonyl (C=O) groups is 4. The monoisotopic (exact) mass is 1250 g/mol. The van der Waals surface area contributed by atoms with E-state index in [1.165, 1.54) is 205 Å². The van der Waals surface area contributed by atoms with Crippen LogP contribution < -0.4 is 20.4 Å². The molecule has 4 atom stereocenters. The van der Waals surface area contributed by atoms with E-state index in [1.807, 2.05) is 0 Å². The van der Waals surface area contributed by atoms with Gasteiger partial charge >= 0.3 is 46.1 Å². The van der Waals surface area contributed by atoms with Crippen LogP contribution in [0.1, 0.15) is 413 Å². The first-order valence-corrected chi connectivity index (χ1v) is 36.2. The Balaban J connectivity index is -0.000000246. The third-order valence-electron chi connectivity index (χ3n) is 16.2. The molecule has 0 aliphatic rings. The molecule has 0 saturated carbocycles. The summed E-state index contributed by atoms with van der Waals surface area (Å²) in [4.78, 5) is 40.9. The Bertz CT molecular complexity index is 1120. The molecule has 4 N–H and O–H groups in total. The maximum Gasteiger partial charge on any atom is 2.00 e. The molecule has 0 aromatic heterocycles. The van der Waals surface area contributed by atoms with Gasteiger partial charge < -0.3 is 60.0 Å². The number of aliphatic hydroxyl groups excluding tert-OH is 4. The zero-order valence-electron chi connectivity index (χ0n) is 57.2. The molecule has 0 radical (unpaired) electrons. The van der Waals surface area contributed by atoms with Gasteiger partial charge in [-0.3, -0.25) is 0 Å². The molecule has 0 rings (SSSR count). The van der Waals surface area contributed by atoms with Crippen LogP contribution in [-0.2, 0) is 19.2 Å². The number of hydrogen-bond acceptors (Lipinski definition) is 12. The molecule has 0 heterocycles. The fourth-order valence-electron chi connectivity index (χ4n) is 10.6. The molecule has 0 spiro atoms. The van der Waals surface area contributed by atoms with Gasteiger partial charge in [-0.05, 0) is 103 Å². The largest absolute Gasteiger partial charge is 2.00 e. The molecule has 0 aliphatic carbocycles. The summed E-state index contributed by atoms with van der Waals surface area (Å²) in [7, 11) is 0. The molecular weight excluding hydrogens is 1110 g/mol. The number of carboxylic acid groups (broad SMARTS) is 4. The molecule has 0 saturated heterocycles. The Morgan fingerprint density at radius 2 is 0.314 bits per heavy atom. The Kier molecular flexibility index (Phi) is 94.4. The van der Waals surface area contributed by atoms with Crippen LogP contribution in [0.3, 0.4) is 0 Å². The van der Waals surface area contributed by atoms with Gasteiger partial charge in [0.15, 0.2) is 0 Å². The molecule has 4 unspecified atom stereocenters. The van der Waals surface area contributed by atoms with Gasteiger partial charge in [-0.25, -0.2) is 0 Å². The molecule has 12 nitrogen and oxygen atoms in total. The minimum atomic E-state index is -0.928. The van der Waals surface area contributed by atoms with Crippen molar-refractivity contribution in [3.05, 3.63) is 0 Å². The van der Waals surface area contributed by atoms with Gasteiger partial charge in [-0.15, -0.1) is 0 Å². The van der Waals surface area contributed by atoms with E-state index in [0.29, 0.717) is 0 Å². The first kappa shape index (κ1) is 96.3. The SMILES string of the molecule is CCCCCCC(O)CCCCCCCCCCC(=O)[O-].CCCCCCC(O)CCCCCCCCCCC(=O)[O-].CCCCCCC(O)CCCCCCCCCCC(=O)[O-].CCCCCCC(O)CCCCCCCCCCC(=O)[O-].[Mg+2].[Mg+2]. The molecular formula is C72H140Mg2O12. The Labute approximate surface area is 563 Å². The van der Waals surface area contributed by atoms with E-state index in [0.717, 1.165) is 154 Å². The molecule has 0 fully saturated rings. The fourth-order valence-corrected chi connectivity index (χ4v) is 10.6. The number of hydrogen-bond donors (Lipinski definition) is 4. The Morgan fingerprint density at radius 1 is 0.209 bits per heavy atom. The molecule has 0 amide bonds. The van der Waals surface area contributed by atoms with Crippen LogP contribution in [0.2, 0.25) is 0 Å². The van der Waals surface area contributed by atoms with Crippen molar-refractivity contribution in [2.24, 2.45) is 0 Å². The van der Waals surface area contributed by atoms with E-state index < -0.39 is 23.9 Å². The minimum absolute atomic E-state index is 0. The van der Waals surface area contributed by atoms with E-state index in [4.69, 9.17) is 0 Å². The first-order valence-electron chi connectivity index (χ1n) is 36.2. The molecule has 0 aromatic carbocycles.